The number of carbonyl (C=O) groups is 1. The van der Waals surface area contributed by atoms with Crippen molar-refractivity contribution in [2.45, 2.75) is 110 Å². The number of hydrogen-bond donors (Lipinski definition) is 0. The first kappa shape index (κ1) is 29.9. The predicted molar refractivity (Wildman–Crippen MR) is 149 cm³/mol. The van der Waals surface area contributed by atoms with Gasteiger partial charge < -0.3 is 14.2 Å². The van der Waals surface area contributed by atoms with Gasteiger partial charge in [-0.05, 0) is 49.6 Å². The normalized spacial score (nSPS) is 11.9. The van der Waals surface area contributed by atoms with E-state index in [1.165, 1.54) is 64.2 Å². The maximum Gasteiger partial charge on any atom is 0.343 e. The van der Waals surface area contributed by atoms with Crippen molar-refractivity contribution < 1.29 is 19.0 Å². The molecule has 0 radical (unpaired) electrons. The molecule has 0 saturated heterocycles. The number of para-hydroxylation sites is 2. The highest BCUT2D eigenvalue weighted by atomic mass is 16.6. The molecule has 0 aliphatic rings. The van der Waals surface area contributed by atoms with E-state index in [1.807, 2.05) is 30.3 Å². The molecule has 1 atom stereocenters. The number of carbonyl (C=O) groups excluding carboxylic acids is 1. The molecule has 0 saturated carbocycles. The van der Waals surface area contributed by atoms with Crippen LogP contribution in [0.4, 0.5) is 0 Å². The third-order valence-electron chi connectivity index (χ3n) is 6.54. The first-order valence-electron chi connectivity index (χ1n) is 14.3. The maximum absolute atomic E-state index is 12.7. The van der Waals surface area contributed by atoms with E-state index in [4.69, 9.17) is 14.2 Å². The second-order valence-electron chi connectivity index (χ2n) is 9.71. The summed E-state index contributed by atoms with van der Waals surface area (Å²) in [4.78, 5) is 12.7. The number of rotatable bonds is 20. The summed E-state index contributed by atoms with van der Waals surface area (Å²) in [6.45, 7) is 7.83. The minimum absolute atomic E-state index is 0.00545. The Bertz CT molecular complexity index is 830. The monoisotopic (exact) mass is 496 g/mol. The third-order valence-corrected chi connectivity index (χ3v) is 6.54. The van der Waals surface area contributed by atoms with Crippen LogP contribution in [0, 0.1) is 0 Å². The van der Waals surface area contributed by atoms with Crippen LogP contribution in [-0.2, 0) is 4.74 Å². The molecule has 0 fully saturated rings. The van der Waals surface area contributed by atoms with Gasteiger partial charge in [-0.1, -0.05) is 109 Å². The van der Waals surface area contributed by atoms with E-state index in [2.05, 4.69) is 20.8 Å². The maximum atomic E-state index is 12.7. The first-order valence-corrected chi connectivity index (χ1v) is 14.3. The molecule has 0 N–H and O–H groups in total. The summed E-state index contributed by atoms with van der Waals surface area (Å²) in [6, 6.07) is 14.8. The van der Waals surface area contributed by atoms with Crippen molar-refractivity contribution in [1.82, 2.24) is 0 Å². The topological polar surface area (TPSA) is 44.8 Å². The molecule has 2 rings (SSSR count). The zero-order chi connectivity index (χ0) is 25.8. The molecule has 36 heavy (non-hydrogen) atoms. The fourth-order valence-electron chi connectivity index (χ4n) is 4.15. The summed E-state index contributed by atoms with van der Waals surface area (Å²) in [5, 5.41) is 0. The highest BCUT2D eigenvalue weighted by Crippen LogP contribution is 2.28. The number of benzene rings is 2. The summed E-state index contributed by atoms with van der Waals surface area (Å²) in [6.07, 6.45) is 16.7. The second kappa shape index (κ2) is 18.9. The van der Waals surface area contributed by atoms with Crippen molar-refractivity contribution in [2.24, 2.45) is 0 Å². The SMILES string of the molecule is CCCCCCCCCCCCCOC(C)c1ccc(C(=O)Oc2ccccc2OCCCC)cc1. The Morgan fingerprint density at radius 3 is 1.83 bits per heavy atom. The molecule has 4 nitrogen and oxygen atoms in total. The Morgan fingerprint density at radius 1 is 0.667 bits per heavy atom. The molecular formula is C32H48O4. The van der Waals surface area contributed by atoms with Crippen LogP contribution in [0.2, 0.25) is 0 Å². The average molecular weight is 497 g/mol. The molecule has 0 amide bonds. The largest absolute Gasteiger partial charge is 0.490 e. The highest BCUT2D eigenvalue weighted by molar-refractivity contribution is 5.91. The van der Waals surface area contributed by atoms with Gasteiger partial charge >= 0.3 is 5.97 Å². The molecule has 0 aliphatic heterocycles. The highest BCUT2D eigenvalue weighted by Gasteiger charge is 2.13. The quantitative estimate of drug-likeness (QED) is 0.104. The van der Waals surface area contributed by atoms with Gasteiger partial charge in [0.1, 0.15) is 0 Å². The predicted octanol–water partition coefficient (Wildman–Crippen LogP) is 9.47. The molecule has 2 aromatic carbocycles. The fraction of sp³-hybridized carbons (Fsp3) is 0.594. The van der Waals surface area contributed by atoms with Crippen LogP contribution < -0.4 is 9.47 Å². The minimum Gasteiger partial charge on any atom is -0.490 e. The summed E-state index contributed by atoms with van der Waals surface area (Å²) >= 11 is 0. The summed E-state index contributed by atoms with van der Waals surface area (Å²) in [7, 11) is 0. The van der Waals surface area contributed by atoms with Crippen molar-refractivity contribution in [3.63, 3.8) is 0 Å². The lowest BCUT2D eigenvalue weighted by Crippen LogP contribution is -2.10. The molecule has 4 heteroatoms. The van der Waals surface area contributed by atoms with Gasteiger partial charge in [-0.15, -0.1) is 0 Å². The Morgan fingerprint density at radius 2 is 1.22 bits per heavy atom. The van der Waals surface area contributed by atoms with E-state index in [0.717, 1.165) is 31.4 Å². The molecule has 1 unspecified atom stereocenters. The number of esters is 1. The van der Waals surface area contributed by atoms with Gasteiger partial charge in [0.25, 0.3) is 0 Å². The van der Waals surface area contributed by atoms with Gasteiger partial charge in [0.05, 0.1) is 18.3 Å². The second-order valence-corrected chi connectivity index (χ2v) is 9.71. The van der Waals surface area contributed by atoms with Crippen molar-refractivity contribution in [3.8, 4) is 11.5 Å². The smallest absolute Gasteiger partial charge is 0.343 e. The molecule has 2 aromatic rings. The van der Waals surface area contributed by atoms with Gasteiger partial charge in [0.15, 0.2) is 11.5 Å². The first-order chi connectivity index (χ1) is 17.7. The van der Waals surface area contributed by atoms with Gasteiger partial charge in [-0.25, -0.2) is 4.79 Å². The van der Waals surface area contributed by atoms with Gasteiger partial charge in [-0.2, -0.15) is 0 Å². The lowest BCUT2D eigenvalue weighted by Gasteiger charge is -2.14. The van der Waals surface area contributed by atoms with Gasteiger partial charge in [0.2, 0.25) is 0 Å². The van der Waals surface area contributed by atoms with E-state index in [9.17, 15) is 4.79 Å². The van der Waals surface area contributed by atoms with E-state index >= 15 is 0 Å². The summed E-state index contributed by atoms with van der Waals surface area (Å²) in [5.74, 6) is 0.661. The van der Waals surface area contributed by atoms with Crippen LogP contribution in [0.25, 0.3) is 0 Å². The fourth-order valence-corrected chi connectivity index (χ4v) is 4.15. The molecular weight excluding hydrogens is 448 g/mol. The van der Waals surface area contributed by atoms with Crippen molar-refractivity contribution in [2.75, 3.05) is 13.2 Å². The lowest BCUT2D eigenvalue weighted by molar-refractivity contribution is 0.0625. The zero-order valence-electron chi connectivity index (χ0n) is 22.9. The van der Waals surface area contributed by atoms with E-state index in [1.54, 1.807) is 18.2 Å². The van der Waals surface area contributed by atoms with Crippen LogP contribution in [0.15, 0.2) is 48.5 Å². The van der Waals surface area contributed by atoms with Crippen LogP contribution >= 0.6 is 0 Å². The van der Waals surface area contributed by atoms with Gasteiger partial charge in [-0.3, -0.25) is 0 Å². The Labute approximate surface area is 219 Å². The molecule has 200 valence electrons. The van der Waals surface area contributed by atoms with Crippen LogP contribution in [0.5, 0.6) is 11.5 Å². The molecule has 0 aromatic heterocycles. The molecule has 0 aliphatic carbocycles. The van der Waals surface area contributed by atoms with Crippen molar-refractivity contribution >= 4 is 5.97 Å². The van der Waals surface area contributed by atoms with Crippen LogP contribution in [0.3, 0.4) is 0 Å². The Hall–Kier alpha value is -2.33. The third kappa shape index (κ3) is 12.1. The zero-order valence-corrected chi connectivity index (χ0v) is 22.9. The van der Waals surface area contributed by atoms with Crippen LogP contribution in [0.1, 0.15) is 126 Å². The standard InChI is InChI=1S/C32H48O4/c1-4-6-8-9-10-11-12-13-14-15-18-26-34-27(3)28-21-23-29(24-22-28)32(33)36-31-20-17-16-19-30(31)35-25-7-5-2/h16-17,19-24,27H,4-15,18,25-26H2,1-3H3. The van der Waals surface area contributed by atoms with Crippen molar-refractivity contribution in [3.05, 3.63) is 59.7 Å². The summed E-state index contributed by atoms with van der Waals surface area (Å²) in [5.41, 5.74) is 1.58. The Balaban J connectivity index is 1.65. The number of hydrogen-bond acceptors (Lipinski definition) is 4. The Kier molecular flexibility index (Phi) is 15.7. The minimum atomic E-state index is -0.386. The number of unbranched alkanes of at least 4 members (excludes halogenated alkanes) is 11. The molecule has 0 spiro atoms. The molecule has 0 bridgehead atoms. The van der Waals surface area contributed by atoms with Crippen molar-refractivity contribution in [1.29, 1.82) is 0 Å². The van der Waals surface area contributed by atoms with Gasteiger partial charge in [0, 0.05) is 6.61 Å². The van der Waals surface area contributed by atoms with Crippen LogP contribution in [-0.4, -0.2) is 19.2 Å². The van der Waals surface area contributed by atoms with E-state index in [0.29, 0.717) is 23.7 Å². The number of ether oxygens (including phenoxy) is 3. The lowest BCUT2D eigenvalue weighted by atomic mass is 10.1. The average Bonchev–Trinajstić information content (AvgIpc) is 2.90. The summed E-state index contributed by atoms with van der Waals surface area (Å²) < 4.78 is 17.4. The van der Waals surface area contributed by atoms with E-state index < -0.39 is 0 Å². The molecule has 0 heterocycles. The van der Waals surface area contributed by atoms with E-state index in [-0.39, 0.29) is 12.1 Å².